The highest BCUT2D eigenvalue weighted by atomic mass is 16.5. The molecule has 0 radical (unpaired) electrons. The highest BCUT2D eigenvalue weighted by Crippen LogP contribution is 2.31. The van der Waals surface area contributed by atoms with Gasteiger partial charge in [-0.25, -0.2) is 0 Å². The predicted octanol–water partition coefficient (Wildman–Crippen LogP) is 10.5. The summed E-state index contributed by atoms with van der Waals surface area (Å²) in [5.74, 6) is 0.222. The fraction of sp³-hybridized carbons (Fsp3) is 0.421. The molecule has 0 saturated heterocycles. The van der Waals surface area contributed by atoms with Crippen LogP contribution in [0.25, 0.3) is 5.57 Å². The second-order valence-electron chi connectivity index (χ2n) is 10.6. The fourth-order valence-electron chi connectivity index (χ4n) is 3.95. The van der Waals surface area contributed by atoms with Gasteiger partial charge in [0.05, 0.1) is 5.41 Å². The molecule has 0 unspecified atom stereocenters. The van der Waals surface area contributed by atoms with Crippen LogP contribution in [-0.4, -0.2) is 23.5 Å². The quantitative estimate of drug-likeness (QED) is 0.164. The largest absolute Gasteiger partial charge is 0.508 e. The number of ether oxygens (including phenoxy) is 1. The first-order valence-corrected chi connectivity index (χ1v) is 14.9. The summed E-state index contributed by atoms with van der Waals surface area (Å²) >= 11 is 0. The number of para-hydroxylation sites is 1. The van der Waals surface area contributed by atoms with Gasteiger partial charge in [-0.05, 0) is 76.6 Å². The Bertz CT molecular complexity index is 1110. The van der Waals surface area contributed by atoms with Crippen molar-refractivity contribution in [1.82, 2.24) is 0 Å². The van der Waals surface area contributed by atoms with Gasteiger partial charge in [0.15, 0.2) is 0 Å². The number of carbonyl (C=O) groups is 2. The van der Waals surface area contributed by atoms with E-state index in [0.717, 1.165) is 43.2 Å². The van der Waals surface area contributed by atoms with Crippen LogP contribution in [0, 0.1) is 5.41 Å². The molecule has 0 aliphatic heterocycles. The average Bonchev–Trinajstić information content (AvgIpc) is 2.93. The van der Waals surface area contributed by atoms with Gasteiger partial charge < -0.3 is 9.84 Å². The number of rotatable bonds is 11. The lowest BCUT2D eigenvalue weighted by Crippen LogP contribution is -2.35. The summed E-state index contributed by atoms with van der Waals surface area (Å²) in [7, 11) is 0. The second-order valence-corrected chi connectivity index (χ2v) is 10.6. The Labute approximate surface area is 256 Å². The minimum Gasteiger partial charge on any atom is -0.508 e. The van der Waals surface area contributed by atoms with E-state index in [-0.39, 0.29) is 18.4 Å². The molecule has 42 heavy (non-hydrogen) atoms. The van der Waals surface area contributed by atoms with Crippen molar-refractivity contribution in [3.63, 3.8) is 0 Å². The number of aryl methyl sites for hydroxylation is 1. The molecule has 0 bridgehead atoms. The topological polar surface area (TPSA) is 63.6 Å². The Morgan fingerprint density at radius 2 is 1.33 bits per heavy atom. The molecule has 0 aromatic heterocycles. The number of carbonyl (C=O) groups excluding carboxylic acids is 2. The van der Waals surface area contributed by atoms with Crippen LogP contribution in [0.2, 0.25) is 0 Å². The van der Waals surface area contributed by atoms with E-state index in [1.165, 1.54) is 23.6 Å². The van der Waals surface area contributed by atoms with E-state index in [1.807, 2.05) is 90.9 Å². The Balaban J connectivity index is 0. The van der Waals surface area contributed by atoms with Crippen LogP contribution in [0.5, 0.6) is 5.75 Å². The average molecular weight is 577 g/mol. The summed E-state index contributed by atoms with van der Waals surface area (Å²) in [6.07, 6.45) is 10.6. The van der Waals surface area contributed by atoms with E-state index in [4.69, 9.17) is 9.84 Å². The van der Waals surface area contributed by atoms with Crippen molar-refractivity contribution < 1.29 is 19.4 Å². The number of benzene rings is 2. The second kappa shape index (κ2) is 24.0. The van der Waals surface area contributed by atoms with Crippen molar-refractivity contribution in [2.24, 2.45) is 5.41 Å². The first-order valence-electron chi connectivity index (χ1n) is 14.9. The molecular weight excluding hydrogens is 520 g/mol. The molecule has 2 aromatic carbocycles. The highest BCUT2D eigenvalue weighted by Gasteiger charge is 2.34. The van der Waals surface area contributed by atoms with Crippen molar-refractivity contribution in [1.29, 1.82) is 0 Å². The molecule has 0 fully saturated rings. The lowest BCUT2D eigenvalue weighted by molar-refractivity contribution is -0.148. The van der Waals surface area contributed by atoms with E-state index in [0.29, 0.717) is 5.75 Å². The third-order valence-corrected chi connectivity index (χ3v) is 6.09. The molecule has 4 nitrogen and oxygen atoms in total. The zero-order valence-electron chi connectivity index (χ0n) is 27.8. The summed E-state index contributed by atoms with van der Waals surface area (Å²) in [6, 6.07) is 17.7. The van der Waals surface area contributed by atoms with Gasteiger partial charge in [0.2, 0.25) is 0 Å². The van der Waals surface area contributed by atoms with Crippen LogP contribution >= 0.6 is 0 Å². The number of hydrogen-bond acceptors (Lipinski definition) is 4. The molecule has 0 aliphatic rings. The standard InChI is InChI=1S/C14H16.C12H22O3.C8H10O.C4H8/c1-4-13(11-10-12(2)3)14-8-6-5-7-9-14;1-5-7-12(8-6-2,10(3)13)9-15-11(4)14;1-2-7-5-3-4-6-8(7)9;1-4(2)3/h4-11H,2H2,1,3H3;5-9H2,1-4H3;3-6,9H,2H2,1H3;1H2,2-3H3/b11-10-,13-4+;;;. The summed E-state index contributed by atoms with van der Waals surface area (Å²) in [5, 5.41) is 9.11. The smallest absolute Gasteiger partial charge is 0.302 e. The number of Topliss-reactive ketones (excluding diaryl/α,β-unsaturated/α-hetero) is 1. The van der Waals surface area contributed by atoms with Crippen molar-refractivity contribution in [3.05, 3.63) is 108 Å². The SMILES string of the molecule is C=C(C)/C=C\C(=C/C)c1ccccc1.C=C(C)C.CCCC(CCC)(COC(C)=O)C(C)=O.CCc1ccccc1O. The van der Waals surface area contributed by atoms with E-state index in [1.54, 1.807) is 13.0 Å². The van der Waals surface area contributed by atoms with Gasteiger partial charge in [0.25, 0.3) is 0 Å². The van der Waals surface area contributed by atoms with Crippen LogP contribution in [0.3, 0.4) is 0 Å². The molecule has 232 valence electrons. The molecule has 0 spiro atoms. The number of ketones is 1. The maximum Gasteiger partial charge on any atom is 0.302 e. The van der Waals surface area contributed by atoms with Gasteiger partial charge in [-0.1, -0.05) is 118 Å². The Kier molecular flexibility index (Phi) is 23.1. The molecule has 0 amide bonds. The van der Waals surface area contributed by atoms with Gasteiger partial charge in [-0.15, -0.1) is 6.58 Å². The van der Waals surface area contributed by atoms with Gasteiger partial charge in [0, 0.05) is 6.92 Å². The molecule has 0 atom stereocenters. The Morgan fingerprint density at radius 1 is 0.833 bits per heavy atom. The highest BCUT2D eigenvalue weighted by molar-refractivity contribution is 5.82. The fourth-order valence-corrected chi connectivity index (χ4v) is 3.95. The maximum atomic E-state index is 11.7. The molecule has 2 aromatic rings. The number of esters is 1. The third-order valence-electron chi connectivity index (χ3n) is 6.09. The Morgan fingerprint density at radius 3 is 1.69 bits per heavy atom. The molecule has 0 saturated carbocycles. The summed E-state index contributed by atoms with van der Waals surface area (Å²) in [6.45, 7) is 24.7. The molecule has 2 rings (SSSR count). The molecule has 4 heteroatoms. The predicted molar refractivity (Wildman–Crippen MR) is 182 cm³/mol. The third kappa shape index (κ3) is 19.4. The Hall–Kier alpha value is -3.66. The lowest BCUT2D eigenvalue weighted by Gasteiger charge is -2.29. The van der Waals surface area contributed by atoms with Crippen molar-refractivity contribution in [2.75, 3.05) is 6.61 Å². The van der Waals surface area contributed by atoms with Gasteiger partial charge in [0.1, 0.15) is 18.1 Å². The number of hydrogen-bond donors (Lipinski definition) is 1. The number of phenols is 1. The zero-order valence-corrected chi connectivity index (χ0v) is 27.8. The molecule has 1 N–H and O–H groups in total. The van der Waals surface area contributed by atoms with Crippen LogP contribution in [-0.2, 0) is 20.7 Å². The summed E-state index contributed by atoms with van der Waals surface area (Å²) < 4.78 is 5.01. The monoisotopic (exact) mass is 576 g/mol. The van der Waals surface area contributed by atoms with Gasteiger partial charge in [-0.2, -0.15) is 0 Å². The van der Waals surface area contributed by atoms with Crippen molar-refractivity contribution >= 4 is 17.3 Å². The van der Waals surface area contributed by atoms with Gasteiger partial charge >= 0.3 is 5.97 Å². The van der Waals surface area contributed by atoms with Crippen LogP contribution < -0.4 is 0 Å². The summed E-state index contributed by atoms with van der Waals surface area (Å²) in [5.41, 5.74) is 5.27. The minimum atomic E-state index is -0.449. The molecular formula is C38H56O4. The zero-order chi connectivity index (χ0) is 32.6. The van der Waals surface area contributed by atoms with Crippen molar-refractivity contribution in [2.45, 2.75) is 94.4 Å². The first-order chi connectivity index (χ1) is 19.8. The molecule has 0 aliphatic carbocycles. The van der Waals surface area contributed by atoms with Crippen molar-refractivity contribution in [3.8, 4) is 5.75 Å². The lowest BCUT2D eigenvalue weighted by atomic mass is 9.77. The summed E-state index contributed by atoms with van der Waals surface area (Å²) in [4.78, 5) is 22.5. The van der Waals surface area contributed by atoms with E-state index >= 15 is 0 Å². The molecule has 0 heterocycles. The maximum absolute atomic E-state index is 11.7. The van der Waals surface area contributed by atoms with E-state index in [2.05, 4.69) is 37.4 Å². The number of aromatic hydroxyl groups is 1. The van der Waals surface area contributed by atoms with E-state index < -0.39 is 5.41 Å². The normalized spacial score (nSPS) is 10.6. The number of phenolic OH excluding ortho intramolecular Hbond substituents is 1. The van der Waals surface area contributed by atoms with E-state index in [9.17, 15) is 9.59 Å². The minimum absolute atomic E-state index is 0.132. The van der Waals surface area contributed by atoms with Crippen LogP contribution in [0.15, 0.2) is 97.1 Å². The van der Waals surface area contributed by atoms with Crippen LogP contribution in [0.4, 0.5) is 0 Å². The first kappa shape index (κ1) is 40.5. The van der Waals surface area contributed by atoms with Crippen LogP contribution in [0.1, 0.15) is 99.1 Å². The van der Waals surface area contributed by atoms with Gasteiger partial charge in [-0.3, -0.25) is 9.59 Å². The number of allylic oxidation sites excluding steroid dienone is 6.